The fourth-order valence-electron chi connectivity index (χ4n) is 4.42. The van der Waals surface area contributed by atoms with Crippen molar-refractivity contribution in [1.29, 1.82) is 0 Å². The molecule has 4 rings (SSSR count). The SMILES string of the molecule is CCCCOc1ccc(C)c2nc(CCCC)n(Cc3ccc(-c4ccccc4C(=O)O)cc3)c12.O=C(O)C(F)(F)F. The van der Waals surface area contributed by atoms with E-state index in [1.807, 2.05) is 24.3 Å². The van der Waals surface area contributed by atoms with Gasteiger partial charge in [0.2, 0.25) is 0 Å². The van der Waals surface area contributed by atoms with E-state index in [4.69, 9.17) is 19.6 Å². The molecule has 0 saturated heterocycles. The van der Waals surface area contributed by atoms with Crippen LogP contribution in [0.25, 0.3) is 22.2 Å². The Labute approximate surface area is 242 Å². The van der Waals surface area contributed by atoms with Crippen LogP contribution < -0.4 is 4.74 Å². The van der Waals surface area contributed by atoms with Crippen LogP contribution >= 0.6 is 0 Å². The second kappa shape index (κ2) is 14.5. The Morgan fingerprint density at radius 3 is 2.17 bits per heavy atom. The number of carbonyl (C=O) groups is 2. The van der Waals surface area contributed by atoms with Crippen molar-refractivity contribution in [3.8, 4) is 16.9 Å². The van der Waals surface area contributed by atoms with Crippen molar-refractivity contribution in [1.82, 2.24) is 9.55 Å². The molecule has 0 spiro atoms. The number of ether oxygens (including phenoxy) is 1. The van der Waals surface area contributed by atoms with Gasteiger partial charge in [-0.05, 0) is 54.2 Å². The van der Waals surface area contributed by atoms with Crippen molar-refractivity contribution in [2.75, 3.05) is 6.61 Å². The molecule has 0 aliphatic heterocycles. The van der Waals surface area contributed by atoms with Crippen LogP contribution in [0.5, 0.6) is 5.75 Å². The van der Waals surface area contributed by atoms with E-state index >= 15 is 0 Å². The van der Waals surface area contributed by atoms with E-state index in [1.54, 1.807) is 12.1 Å². The van der Waals surface area contributed by atoms with Crippen LogP contribution in [0, 0.1) is 6.92 Å². The number of halogens is 3. The predicted octanol–water partition coefficient (Wildman–Crippen LogP) is 7.91. The Kier molecular flexibility index (Phi) is 11.1. The third kappa shape index (κ3) is 8.11. The van der Waals surface area contributed by atoms with Crippen LogP contribution in [0.3, 0.4) is 0 Å². The standard InChI is InChI=1S/C30H34N2O3.C2HF3O2/c1-4-6-12-27-31-28-21(3)13-18-26(35-19-7-5-2)29(28)32(27)20-22-14-16-23(17-15-22)24-10-8-9-11-25(24)30(33)34;3-2(4,5)1(6)7/h8-11,13-18H,4-7,12,19-20H2,1-3H3,(H,33,34);(H,6,7). The molecule has 224 valence electrons. The number of hydrogen-bond donors (Lipinski definition) is 2. The quantitative estimate of drug-likeness (QED) is 0.174. The van der Waals surface area contributed by atoms with E-state index < -0.39 is 18.1 Å². The van der Waals surface area contributed by atoms with Crippen molar-refractivity contribution in [3.05, 3.63) is 83.2 Å². The molecule has 0 amide bonds. The van der Waals surface area contributed by atoms with Crippen LogP contribution in [0.4, 0.5) is 13.2 Å². The summed E-state index contributed by atoms with van der Waals surface area (Å²) in [6.07, 6.45) is 0.140. The van der Waals surface area contributed by atoms with E-state index in [0.29, 0.717) is 18.7 Å². The fraction of sp³-hybridized carbons (Fsp3) is 0.344. The summed E-state index contributed by atoms with van der Waals surface area (Å²) in [6.45, 7) is 7.85. The monoisotopic (exact) mass is 584 g/mol. The van der Waals surface area contributed by atoms with Crippen LogP contribution in [0.15, 0.2) is 60.7 Å². The average Bonchev–Trinajstić information content (AvgIpc) is 3.32. The summed E-state index contributed by atoms with van der Waals surface area (Å²) < 4.78 is 40.2. The van der Waals surface area contributed by atoms with Gasteiger partial charge in [0, 0.05) is 13.0 Å². The highest BCUT2D eigenvalue weighted by atomic mass is 19.4. The third-order valence-corrected chi connectivity index (χ3v) is 6.65. The van der Waals surface area contributed by atoms with Crippen molar-refractivity contribution in [2.24, 2.45) is 0 Å². The van der Waals surface area contributed by atoms with E-state index in [0.717, 1.165) is 77.0 Å². The number of carboxylic acids is 2. The molecule has 42 heavy (non-hydrogen) atoms. The van der Waals surface area contributed by atoms with Crippen molar-refractivity contribution >= 4 is 23.0 Å². The summed E-state index contributed by atoms with van der Waals surface area (Å²) in [5.74, 6) is -1.70. The smallest absolute Gasteiger partial charge is 0.490 e. The summed E-state index contributed by atoms with van der Waals surface area (Å²) in [6, 6.07) is 19.5. The first-order valence-corrected chi connectivity index (χ1v) is 13.8. The van der Waals surface area contributed by atoms with Crippen LogP contribution in [0.1, 0.15) is 66.8 Å². The topological polar surface area (TPSA) is 102 Å². The molecular formula is C32H35F3N2O5. The van der Waals surface area contributed by atoms with Gasteiger partial charge in [-0.2, -0.15) is 13.2 Å². The van der Waals surface area contributed by atoms with Gasteiger partial charge in [-0.3, -0.25) is 0 Å². The molecule has 3 aromatic carbocycles. The molecule has 0 saturated carbocycles. The molecule has 1 aromatic heterocycles. The van der Waals surface area contributed by atoms with Gasteiger partial charge in [-0.15, -0.1) is 0 Å². The molecular weight excluding hydrogens is 549 g/mol. The molecule has 4 aromatic rings. The zero-order valence-electron chi connectivity index (χ0n) is 23.9. The third-order valence-electron chi connectivity index (χ3n) is 6.65. The summed E-state index contributed by atoms with van der Waals surface area (Å²) in [4.78, 5) is 25.6. The number of aliphatic carboxylic acids is 1. The molecule has 10 heteroatoms. The first-order valence-electron chi connectivity index (χ1n) is 13.8. The van der Waals surface area contributed by atoms with Crippen molar-refractivity contribution in [3.63, 3.8) is 0 Å². The molecule has 0 radical (unpaired) electrons. The highest BCUT2D eigenvalue weighted by Crippen LogP contribution is 2.32. The summed E-state index contributed by atoms with van der Waals surface area (Å²) in [7, 11) is 0. The van der Waals surface area contributed by atoms with Crippen LogP contribution in [-0.4, -0.2) is 44.5 Å². The van der Waals surface area contributed by atoms with Gasteiger partial charge in [0.1, 0.15) is 17.1 Å². The number of aromatic nitrogens is 2. The molecule has 7 nitrogen and oxygen atoms in total. The number of aromatic carboxylic acids is 1. The lowest BCUT2D eigenvalue weighted by atomic mass is 9.98. The first-order chi connectivity index (χ1) is 20.0. The lowest BCUT2D eigenvalue weighted by Gasteiger charge is -2.14. The largest absolute Gasteiger partial charge is 0.491 e. The van der Waals surface area contributed by atoms with Crippen LogP contribution in [0.2, 0.25) is 0 Å². The zero-order valence-corrected chi connectivity index (χ0v) is 23.9. The average molecular weight is 585 g/mol. The number of imidazole rings is 1. The molecule has 1 heterocycles. The molecule has 0 bridgehead atoms. The van der Waals surface area contributed by atoms with Gasteiger partial charge < -0.3 is 19.5 Å². The van der Waals surface area contributed by atoms with Crippen molar-refractivity contribution < 1.29 is 37.7 Å². The van der Waals surface area contributed by atoms with Crippen LogP contribution in [-0.2, 0) is 17.8 Å². The minimum absolute atomic E-state index is 0.312. The number of aryl methyl sites for hydroxylation is 2. The van der Waals surface area contributed by atoms with E-state index in [2.05, 4.69) is 49.6 Å². The highest BCUT2D eigenvalue weighted by molar-refractivity contribution is 5.96. The normalized spacial score (nSPS) is 11.2. The highest BCUT2D eigenvalue weighted by Gasteiger charge is 2.38. The Bertz CT molecular complexity index is 1510. The number of hydrogen-bond acceptors (Lipinski definition) is 4. The zero-order chi connectivity index (χ0) is 30.9. The van der Waals surface area contributed by atoms with E-state index in [1.165, 1.54) is 0 Å². The van der Waals surface area contributed by atoms with E-state index in [-0.39, 0.29) is 0 Å². The summed E-state index contributed by atoms with van der Waals surface area (Å²) in [5, 5.41) is 16.7. The molecule has 0 aliphatic carbocycles. The Hall–Kier alpha value is -4.34. The van der Waals surface area contributed by atoms with Gasteiger partial charge in [-0.1, -0.05) is 75.2 Å². The van der Waals surface area contributed by atoms with Gasteiger partial charge in [0.05, 0.1) is 17.7 Å². The van der Waals surface area contributed by atoms with Gasteiger partial charge in [0.25, 0.3) is 0 Å². The Morgan fingerprint density at radius 1 is 0.929 bits per heavy atom. The lowest BCUT2D eigenvalue weighted by molar-refractivity contribution is -0.192. The maximum absolute atomic E-state index is 11.7. The number of alkyl halides is 3. The number of fused-ring (bicyclic) bond motifs is 1. The maximum atomic E-state index is 11.7. The van der Waals surface area contributed by atoms with E-state index in [9.17, 15) is 23.1 Å². The van der Waals surface area contributed by atoms with Crippen molar-refractivity contribution in [2.45, 2.75) is 65.6 Å². The molecule has 0 aliphatic rings. The van der Waals surface area contributed by atoms with Gasteiger partial charge >= 0.3 is 18.1 Å². The number of carboxylic acid groups (broad SMARTS) is 2. The lowest BCUT2D eigenvalue weighted by Crippen LogP contribution is -2.21. The Balaban J connectivity index is 0.000000616. The predicted molar refractivity (Wildman–Crippen MR) is 155 cm³/mol. The molecule has 0 fully saturated rings. The minimum Gasteiger partial charge on any atom is -0.491 e. The first kappa shape index (κ1) is 32.2. The fourth-order valence-corrected chi connectivity index (χ4v) is 4.42. The second-order valence-electron chi connectivity index (χ2n) is 9.85. The number of benzene rings is 3. The summed E-state index contributed by atoms with van der Waals surface area (Å²) in [5.41, 5.74) is 6.30. The van der Waals surface area contributed by atoms with Gasteiger partial charge in [-0.25, -0.2) is 14.6 Å². The number of rotatable bonds is 11. The Morgan fingerprint density at radius 2 is 1.57 bits per heavy atom. The molecule has 2 N–H and O–H groups in total. The molecule has 0 unspecified atom stereocenters. The number of unbranched alkanes of at least 4 members (excludes halogenated alkanes) is 2. The second-order valence-corrected chi connectivity index (χ2v) is 9.85. The molecule has 0 atom stereocenters. The van der Waals surface area contributed by atoms with Gasteiger partial charge in [0.15, 0.2) is 0 Å². The summed E-state index contributed by atoms with van der Waals surface area (Å²) >= 11 is 0. The maximum Gasteiger partial charge on any atom is 0.490 e. The minimum atomic E-state index is -5.08. The number of nitrogens with zero attached hydrogens (tertiary/aromatic N) is 2.